The van der Waals surface area contributed by atoms with Crippen molar-refractivity contribution in [1.82, 2.24) is 29.2 Å². The van der Waals surface area contributed by atoms with E-state index >= 15 is 0 Å². The molecule has 1 atom stereocenters. The third kappa shape index (κ3) is 4.80. The first-order chi connectivity index (χ1) is 19.0. The number of amides is 2. The number of carbonyl (C=O) groups excluding carboxylic acids is 2. The van der Waals surface area contributed by atoms with Gasteiger partial charge in [0.15, 0.2) is 0 Å². The van der Waals surface area contributed by atoms with Gasteiger partial charge in [-0.15, -0.1) is 0 Å². The van der Waals surface area contributed by atoms with Crippen LogP contribution < -0.4 is 5.32 Å². The van der Waals surface area contributed by atoms with Crippen LogP contribution in [0.5, 0.6) is 0 Å². The summed E-state index contributed by atoms with van der Waals surface area (Å²) in [5.74, 6) is 0.134. The number of carbonyl (C=O) groups is 2. The maximum absolute atomic E-state index is 13.3. The fourth-order valence-electron chi connectivity index (χ4n) is 5.90. The first kappa shape index (κ1) is 25.2. The molecule has 2 aliphatic heterocycles. The van der Waals surface area contributed by atoms with Gasteiger partial charge in [-0.3, -0.25) is 24.6 Å². The summed E-state index contributed by atoms with van der Waals surface area (Å²) in [6.45, 7) is 8.21. The van der Waals surface area contributed by atoms with Crippen LogP contribution >= 0.6 is 0 Å². The lowest BCUT2D eigenvalue weighted by Crippen LogP contribution is -2.34. The van der Waals surface area contributed by atoms with Crippen molar-refractivity contribution in [3.05, 3.63) is 60.6 Å². The number of likely N-dealkylation sites (tertiary alicyclic amines) is 1. The molecule has 2 saturated heterocycles. The summed E-state index contributed by atoms with van der Waals surface area (Å²) in [6, 6.07) is 7.72. The molecule has 10 heteroatoms. The molecule has 2 amide bonds. The van der Waals surface area contributed by atoms with E-state index in [0.717, 1.165) is 72.9 Å². The van der Waals surface area contributed by atoms with Gasteiger partial charge in [-0.05, 0) is 69.4 Å². The summed E-state index contributed by atoms with van der Waals surface area (Å²) in [4.78, 5) is 37.0. The van der Waals surface area contributed by atoms with E-state index in [-0.39, 0.29) is 23.9 Å². The van der Waals surface area contributed by atoms with Gasteiger partial charge >= 0.3 is 0 Å². The standard InChI is InChI=1S/C29H33N7O3/c1-3-26(37)34-13-5-4-6-22(18-34)35-27-23-17-31-36(21-10-14-39-15-11-21)25(23)8-7-24(27)32-29(35)33-28(38)20-9-12-30-19(2)16-20/h3,7-9,12,16-17,21-22H,1,4-6,10-11,13-15,18H2,2H3,(H,32,33,38)/t22-/m1/s1. The SMILES string of the molecule is C=CC(=O)N1CCCC[C@@H](n2c(NC(=O)c3ccnc(C)c3)nc3ccc4c(cnn4C4CCOCC4)c32)C1. The predicted molar refractivity (Wildman–Crippen MR) is 149 cm³/mol. The number of anilines is 1. The molecule has 5 heterocycles. The average molecular weight is 528 g/mol. The van der Waals surface area contributed by atoms with E-state index in [4.69, 9.17) is 14.8 Å². The molecule has 0 spiro atoms. The second kappa shape index (κ2) is 10.6. The van der Waals surface area contributed by atoms with Gasteiger partial charge in [0.2, 0.25) is 11.9 Å². The number of aryl methyl sites for hydroxylation is 1. The summed E-state index contributed by atoms with van der Waals surface area (Å²) >= 11 is 0. The molecule has 10 nitrogen and oxygen atoms in total. The Morgan fingerprint density at radius 1 is 1.13 bits per heavy atom. The molecule has 0 aliphatic carbocycles. The van der Waals surface area contributed by atoms with Gasteiger partial charge in [0.25, 0.3) is 5.91 Å². The fourth-order valence-corrected chi connectivity index (χ4v) is 5.90. The highest BCUT2D eigenvalue weighted by Crippen LogP contribution is 2.36. The van der Waals surface area contributed by atoms with Gasteiger partial charge in [0, 0.05) is 49.1 Å². The van der Waals surface area contributed by atoms with Crippen molar-refractivity contribution in [2.45, 2.75) is 51.1 Å². The second-order valence-electron chi connectivity index (χ2n) is 10.4. The number of nitrogens with zero attached hydrogens (tertiary/aromatic N) is 6. The average Bonchev–Trinajstić information content (AvgIpc) is 3.46. The van der Waals surface area contributed by atoms with E-state index in [2.05, 4.69) is 32.2 Å². The van der Waals surface area contributed by atoms with Crippen molar-refractivity contribution >= 4 is 39.7 Å². The molecule has 3 aromatic heterocycles. The minimum Gasteiger partial charge on any atom is -0.381 e. The van der Waals surface area contributed by atoms with Gasteiger partial charge in [-0.2, -0.15) is 5.10 Å². The number of fused-ring (bicyclic) bond motifs is 3. The first-order valence-electron chi connectivity index (χ1n) is 13.6. The lowest BCUT2D eigenvalue weighted by Gasteiger charge is -2.26. The van der Waals surface area contributed by atoms with Crippen LogP contribution in [0.1, 0.15) is 60.2 Å². The normalized spacial score (nSPS) is 18.8. The van der Waals surface area contributed by atoms with Crippen LogP contribution in [-0.2, 0) is 9.53 Å². The quantitative estimate of drug-likeness (QED) is 0.385. The van der Waals surface area contributed by atoms with E-state index in [1.54, 1.807) is 18.3 Å². The third-order valence-electron chi connectivity index (χ3n) is 7.85. The fraction of sp³-hybridized carbons (Fsp3) is 0.414. The Balaban J connectivity index is 1.48. The van der Waals surface area contributed by atoms with Crippen LogP contribution in [0.4, 0.5) is 5.95 Å². The Bertz CT molecular complexity index is 1550. The van der Waals surface area contributed by atoms with Gasteiger partial charge in [-0.1, -0.05) is 6.58 Å². The van der Waals surface area contributed by atoms with Crippen molar-refractivity contribution in [3.8, 4) is 0 Å². The van der Waals surface area contributed by atoms with E-state index in [9.17, 15) is 9.59 Å². The van der Waals surface area contributed by atoms with Crippen LogP contribution in [-0.4, -0.2) is 67.3 Å². The van der Waals surface area contributed by atoms with E-state index in [0.29, 0.717) is 24.6 Å². The van der Waals surface area contributed by atoms with E-state index in [1.807, 2.05) is 24.1 Å². The molecular formula is C29H33N7O3. The Morgan fingerprint density at radius 2 is 1.97 bits per heavy atom. The first-order valence-corrected chi connectivity index (χ1v) is 13.6. The summed E-state index contributed by atoms with van der Waals surface area (Å²) in [5, 5.41) is 8.86. The Labute approximate surface area is 226 Å². The molecule has 0 radical (unpaired) electrons. The predicted octanol–water partition coefficient (Wildman–Crippen LogP) is 4.43. The zero-order valence-electron chi connectivity index (χ0n) is 22.2. The number of rotatable bonds is 5. The molecule has 1 aromatic carbocycles. The molecule has 0 saturated carbocycles. The zero-order valence-corrected chi connectivity index (χ0v) is 22.2. The monoisotopic (exact) mass is 527 g/mol. The number of ether oxygens (including phenoxy) is 1. The molecule has 4 aromatic rings. The number of aromatic nitrogens is 5. The van der Waals surface area contributed by atoms with Crippen LogP contribution in [0.2, 0.25) is 0 Å². The maximum atomic E-state index is 13.3. The molecule has 2 aliphatic rings. The number of benzene rings is 1. The number of nitrogens with one attached hydrogen (secondary N) is 1. The maximum Gasteiger partial charge on any atom is 0.258 e. The largest absolute Gasteiger partial charge is 0.381 e. The van der Waals surface area contributed by atoms with Gasteiger partial charge < -0.3 is 14.2 Å². The number of hydrogen-bond acceptors (Lipinski definition) is 6. The van der Waals surface area contributed by atoms with Crippen LogP contribution in [0.3, 0.4) is 0 Å². The molecular weight excluding hydrogens is 494 g/mol. The Morgan fingerprint density at radius 3 is 2.77 bits per heavy atom. The molecule has 2 fully saturated rings. The minimum atomic E-state index is -0.251. The third-order valence-corrected chi connectivity index (χ3v) is 7.85. The highest BCUT2D eigenvalue weighted by Gasteiger charge is 2.28. The lowest BCUT2D eigenvalue weighted by atomic mass is 10.1. The molecule has 6 rings (SSSR count). The summed E-state index contributed by atoms with van der Waals surface area (Å²) in [7, 11) is 0. The number of hydrogen-bond donors (Lipinski definition) is 1. The van der Waals surface area contributed by atoms with E-state index in [1.165, 1.54) is 6.08 Å². The molecule has 202 valence electrons. The van der Waals surface area contributed by atoms with Crippen LogP contribution in [0.15, 0.2) is 49.3 Å². The van der Waals surface area contributed by atoms with Crippen molar-refractivity contribution in [1.29, 1.82) is 0 Å². The van der Waals surface area contributed by atoms with E-state index < -0.39 is 0 Å². The zero-order chi connectivity index (χ0) is 26.9. The van der Waals surface area contributed by atoms with Gasteiger partial charge in [0.1, 0.15) is 0 Å². The highest BCUT2D eigenvalue weighted by molar-refractivity contribution is 6.07. The van der Waals surface area contributed by atoms with Gasteiger partial charge in [-0.25, -0.2) is 4.98 Å². The van der Waals surface area contributed by atoms with Gasteiger partial charge in [0.05, 0.1) is 34.8 Å². The second-order valence-corrected chi connectivity index (χ2v) is 10.4. The van der Waals surface area contributed by atoms with Crippen molar-refractivity contribution < 1.29 is 14.3 Å². The smallest absolute Gasteiger partial charge is 0.258 e. The van der Waals surface area contributed by atoms with Crippen LogP contribution in [0, 0.1) is 6.92 Å². The Kier molecular flexibility index (Phi) is 6.86. The summed E-state index contributed by atoms with van der Waals surface area (Å²) < 4.78 is 9.80. The lowest BCUT2D eigenvalue weighted by molar-refractivity contribution is -0.126. The molecule has 39 heavy (non-hydrogen) atoms. The number of pyridine rings is 1. The summed E-state index contributed by atoms with van der Waals surface area (Å²) in [6.07, 6.45) is 9.48. The van der Waals surface area contributed by atoms with Crippen LogP contribution in [0.25, 0.3) is 21.9 Å². The molecule has 0 bridgehead atoms. The number of imidazole rings is 1. The van der Waals surface area contributed by atoms with Crippen molar-refractivity contribution in [2.24, 2.45) is 0 Å². The molecule has 1 N–H and O–H groups in total. The Hall–Kier alpha value is -4.05. The highest BCUT2D eigenvalue weighted by atomic mass is 16.5. The van der Waals surface area contributed by atoms with Crippen molar-refractivity contribution in [3.63, 3.8) is 0 Å². The molecule has 0 unspecified atom stereocenters. The summed E-state index contributed by atoms with van der Waals surface area (Å²) in [5.41, 5.74) is 4.01. The topological polar surface area (TPSA) is 107 Å². The van der Waals surface area contributed by atoms with Crippen molar-refractivity contribution in [2.75, 3.05) is 31.6 Å². The minimum absolute atomic E-state index is 0.0760.